The van der Waals surface area contributed by atoms with Crippen LogP contribution in [0.3, 0.4) is 0 Å². The summed E-state index contributed by atoms with van der Waals surface area (Å²) in [5.74, 6) is 0.175. The highest BCUT2D eigenvalue weighted by molar-refractivity contribution is 5.64. The minimum Gasteiger partial charge on any atom is -0.497 e. The molecule has 0 fully saturated rings. The maximum atomic E-state index is 14.4. The van der Waals surface area contributed by atoms with E-state index in [1.165, 1.54) is 24.3 Å². The summed E-state index contributed by atoms with van der Waals surface area (Å²) in [6.45, 7) is 2.46. The first-order valence-electron chi connectivity index (χ1n) is 9.49. The number of aromatic amines is 1. The van der Waals surface area contributed by atoms with Crippen LogP contribution in [0.15, 0.2) is 48.7 Å². The Labute approximate surface area is 164 Å². The van der Waals surface area contributed by atoms with Crippen molar-refractivity contribution in [1.82, 2.24) is 20.4 Å². The Morgan fingerprint density at radius 3 is 2.86 bits per heavy atom. The molecule has 146 valence electrons. The monoisotopic (exact) mass is 380 g/mol. The summed E-state index contributed by atoms with van der Waals surface area (Å²) in [5.41, 5.74) is 4.99. The van der Waals surface area contributed by atoms with E-state index in [1.54, 1.807) is 18.3 Å². The fourth-order valence-electron chi connectivity index (χ4n) is 3.82. The summed E-state index contributed by atoms with van der Waals surface area (Å²) in [6.07, 6.45) is 2.79. The van der Waals surface area contributed by atoms with E-state index in [0.717, 1.165) is 25.1 Å². The lowest BCUT2D eigenvalue weighted by molar-refractivity contribution is 0.209. The number of nitrogens with zero attached hydrogens (tertiary/aromatic N) is 2. The molecule has 2 heterocycles. The number of H-pyrrole nitrogens is 1. The first-order chi connectivity index (χ1) is 13.7. The molecule has 1 aliphatic rings. The molecule has 2 N–H and O–H groups in total. The number of benzene rings is 2. The first kappa shape index (κ1) is 18.7. The Bertz CT molecular complexity index is 955. The van der Waals surface area contributed by atoms with E-state index < -0.39 is 0 Å². The maximum Gasteiger partial charge on any atom is 0.136 e. The highest BCUT2D eigenvalue weighted by atomic mass is 19.1. The Balaban J connectivity index is 1.41. The van der Waals surface area contributed by atoms with Gasteiger partial charge < -0.3 is 10.1 Å². The molecule has 0 bridgehead atoms. The molecule has 0 aliphatic carbocycles. The molecule has 0 saturated carbocycles. The van der Waals surface area contributed by atoms with Crippen molar-refractivity contribution >= 4 is 0 Å². The summed E-state index contributed by atoms with van der Waals surface area (Å²) < 4.78 is 19.5. The lowest BCUT2D eigenvalue weighted by atomic mass is 9.94. The smallest absolute Gasteiger partial charge is 0.136 e. The Hall–Kier alpha value is -2.70. The largest absolute Gasteiger partial charge is 0.497 e. The molecule has 0 amide bonds. The van der Waals surface area contributed by atoms with Gasteiger partial charge in [-0.1, -0.05) is 24.3 Å². The van der Waals surface area contributed by atoms with Crippen molar-refractivity contribution in [2.45, 2.75) is 25.6 Å². The zero-order valence-corrected chi connectivity index (χ0v) is 16.2. The molecule has 28 heavy (non-hydrogen) atoms. The number of hydrogen-bond acceptors (Lipinski definition) is 4. The average Bonchev–Trinajstić information content (AvgIpc) is 3.16. The number of rotatable bonds is 6. The number of nitrogens with one attached hydrogen (secondary N) is 2. The van der Waals surface area contributed by atoms with Crippen molar-refractivity contribution in [1.29, 1.82) is 0 Å². The van der Waals surface area contributed by atoms with Crippen molar-refractivity contribution < 1.29 is 9.13 Å². The van der Waals surface area contributed by atoms with Gasteiger partial charge in [0.15, 0.2) is 0 Å². The first-order valence-corrected chi connectivity index (χ1v) is 9.49. The fourth-order valence-corrected chi connectivity index (χ4v) is 3.82. The van der Waals surface area contributed by atoms with Crippen LogP contribution < -0.4 is 10.1 Å². The lowest BCUT2D eigenvalue weighted by Crippen LogP contribution is -2.44. The minimum atomic E-state index is -0.325. The standard InChI is InChI=1S/C22H25FN4O/c1-27-14-16-6-4-3-5-15(16)9-18(27)13-24-11-17-12-25-26-22(17)20-8-7-19(28-2)10-21(20)23/h3-8,10,12,18,24H,9,11,13-14H2,1-2H3,(H,25,26)/t18-/m0/s1. The van der Waals surface area contributed by atoms with E-state index in [1.807, 2.05) is 0 Å². The van der Waals surface area contributed by atoms with Gasteiger partial charge in [-0.25, -0.2) is 4.39 Å². The summed E-state index contributed by atoms with van der Waals surface area (Å²) >= 11 is 0. The Morgan fingerprint density at radius 2 is 2.07 bits per heavy atom. The van der Waals surface area contributed by atoms with Gasteiger partial charge in [-0.3, -0.25) is 10.00 Å². The molecule has 6 heteroatoms. The van der Waals surface area contributed by atoms with E-state index in [0.29, 0.717) is 29.6 Å². The highest BCUT2D eigenvalue weighted by Gasteiger charge is 2.22. The summed E-state index contributed by atoms with van der Waals surface area (Å²) in [6, 6.07) is 13.9. The number of fused-ring (bicyclic) bond motifs is 1. The van der Waals surface area contributed by atoms with Gasteiger partial charge in [0.25, 0.3) is 0 Å². The molecular weight excluding hydrogens is 355 g/mol. The molecule has 1 atom stereocenters. The van der Waals surface area contributed by atoms with E-state index in [2.05, 4.69) is 51.7 Å². The molecule has 1 aromatic heterocycles. The van der Waals surface area contributed by atoms with Crippen molar-refractivity contribution in [3.05, 3.63) is 71.2 Å². The van der Waals surface area contributed by atoms with Crippen LogP contribution >= 0.6 is 0 Å². The molecule has 2 aromatic carbocycles. The molecular formula is C22H25FN4O. The van der Waals surface area contributed by atoms with Crippen LogP contribution in [0.2, 0.25) is 0 Å². The van der Waals surface area contributed by atoms with Gasteiger partial charge in [0, 0.05) is 42.9 Å². The van der Waals surface area contributed by atoms with E-state index >= 15 is 0 Å². The quantitative estimate of drug-likeness (QED) is 0.689. The minimum absolute atomic E-state index is 0.325. The number of methoxy groups -OCH3 is 1. The molecule has 0 spiro atoms. The SMILES string of the molecule is COc1ccc(-c2[nH]ncc2CNC[C@@H]2Cc3ccccc3CN2C)c(F)c1. The van der Waals surface area contributed by atoms with Crippen molar-refractivity contribution in [2.24, 2.45) is 0 Å². The van der Waals surface area contributed by atoms with Gasteiger partial charge in [-0.2, -0.15) is 5.10 Å². The van der Waals surface area contributed by atoms with E-state index in [9.17, 15) is 4.39 Å². The number of hydrogen-bond donors (Lipinski definition) is 2. The number of likely N-dealkylation sites (N-methyl/N-ethyl adjacent to an activating group) is 1. The van der Waals surface area contributed by atoms with E-state index in [4.69, 9.17) is 4.74 Å². The predicted molar refractivity (Wildman–Crippen MR) is 108 cm³/mol. The van der Waals surface area contributed by atoms with Crippen LogP contribution in [0.5, 0.6) is 5.75 Å². The number of ether oxygens (including phenoxy) is 1. The third-order valence-corrected chi connectivity index (χ3v) is 5.48. The molecule has 0 radical (unpaired) electrons. The molecule has 4 rings (SSSR count). The third kappa shape index (κ3) is 3.79. The summed E-state index contributed by atoms with van der Waals surface area (Å²) in [4.78, 5) is 2.38. The second-order valence-corrected chi connectivity index (χ2v) is 7.29. The van der Waals surface area contributed by atoms with Crippen molar-refractivity contribution in [2.75, 3.05) is 20.7 Å². The van der Waals surface area contributed by atoms with Gasteiger partial charge in [-0.05, 0) is 36.7 Å². The molecule has 5 nitrogen and oxygen atoms in total. The second-order valence-electron chi connectivity index (χ2n) is 7.29. The van der Waals surface area contributed by atoms with Crippen LogP contribution in [0.4, 0.5) is 4.39 Å². The highest BCUT2D eigenvalue weighted by Crippen LogP contribution is 2.27. The maximum absolute atomic E-state index is 14.4. The van der Waals surface area contributed by atoms with Gasteiger partial charge in [-0.15, -0.1) is 0 Å². The topological polar surface area (TPSA) is 53.2 Å². The predicted octanol–water partition coefficient (Wildman–Crippen LogP) is 3.37. The zero-order valence-electron chi connectivity index (χ0n) is 16.2. The molecule has 1 aliphatic heterocycles. The van der Waals surface area contributed by atoms with Gasteiger partial charge in [0.2, 0.25) is 0 Å². The van der Waals surface area contributed by atoms with Crippen LogP contribution in [-0.2, 0) is 19.5 Å². The van der Waals surface area contributed by atoms with Crippen LogP contribution in [0.25, 0.3) is 11.3 Å². The zero-order chi connectivity index (χ0) is 19.5. The van der Waals surface area contributed by atoms with Gasteiger partial charge in [0.05, 0.1) is 19.0 Å². The lowest BCUT2D eigenvalue weighted by Gasteiger charge is -2.34. The molecule has 3 aromatic rings. The Morgan fingerprint density at radius 1 is 1.25 bits per heavy atom. The van der Waals surface area contributed by atoms with Crippen LogP contribution in [0, 0.1) is 5.82 Å². The third-order valence-electron chi connectivity index (χ3n) is 5.48. The Kier molecular flexibility index (Phi) is 5.41. The van der Waals surface area contributed by atoms with Crippen LogP contribution in [-0.4, -0.2) is 41.8 Å². The fraction of sp³-hybridized carbons (Fsp3) is 0.318. The normalized spacial score (nSPS) is 16.8. The number of halogens is 1. The molecule has 0 saturated heterocycles. The molecule has 0 unspecified atom stereocenters. The second kappa shape index (κ2) is 8.12. The van der Waals surface area contributed by atoms with E-state index in [-0.39, 0.29) is 5.82 Å². The van der Waals surface area contributed by atoms with Crippen molar-refractivity contribution in [3.63, 3.8) is 0 Å². The summed E-state index contributed by atoms with van der Waals surface area (Å²) in [7, 11) is 3.69. The van der Waals surface area contributed by atoms with Crippen LogP contribution in [0.1, 0.15) is 16.7 Å². The number of aromatic nitrogens is 2. The van der Waals surface area contributed by atoms with Crippen molar-refractivity contribution in [3.8, 4) is 17.0 Å². The van der Waals surface area contributed by atoms with Gasteiger partial charge in [0.1, 0.15) is 11.6 Å². The summed E-state index contributed by atoms with van der Waals surface area (Å²) in [5, 5.41) is 10.6. The van der Waals surface area contributed by atoms with Gasteiger partial charge >= 0.3 is 0 Å². The average molecular weight is 380 g/mol.